The lowest BCUT2D eigenvalue weighted by Gasteiger charge is -2.23. The lowest BCUT2D eigenvalue weighted by atomic mass is 9.88. The van der Waals surface area contributed by atoms with E-state index >= 15 is 0 Å². The topological polar surface area (TPSA) is 105 Å². The molecule has 7 nitrogen and oxygen atoms in total. The Hall–Kier alpha value is -2.18. The first-order valence-electron chi connectivity index (χ1n) is 5.89. The van der Waals surface area contributed by atoms with Crippen LogP contribution < -0.4 is 5.32 Å². The molecule has 0 amide bonds. The number of hydrogen-bond donors (Lipinski definition) is 2. The zero-order valence-corrected chi connectivity index (χ0v) is 11.1. The van der Waals surface area contributed by atoms with Crippen LogP contribution in [0.15, 0.2) is 12.1 Å². The summed E-state index contributed by atoms with van der Waals surface area (Å²) in [5.74, 6) is -0.454. The van der Waals surface area contributed by atoms with Crippen LogP contribution in [-0.4, -0.2) is 27.5 Å². The Bertz CT molecular complexity index is 504. The molecule has 0 bridgehead atoms. The standard InChI is InChI=1S/C12H17N3O4/c1-4-12(3,11(16)17)7-13-10-6-5-9(15(18)19)8(2)14-10/h5-6H,4,7H2,1-3H3,(H,13,14)(H,16,17). The van der Waals surface area contributed by atoms with Crippen molar-refractivity contribution in [2.75, 3.05) is 11.9 Å². The van der Waals surface area contributed by atoms with Gasteiger partial charge in [-0.05, 0) is 26.3 Å². The molecule has 1 heterocycles. The van der Waals surface area contributed by atoms with Gasteiger partial charge in [0.25, 0.3) is 5.69 Å². The first-order chi connectivity index (χ1) is 8.80. The van der Waals surface area contributed by atoms with Crippen LogP contribution in [0.1, 0.15) is 26.0 Å². The second kappa shape index (κ2) is 5.64. The van der Waals surface area contributed by atoms with Crippen molar-refractivity contribution in [2.45, 2.75) is 27.2 Å². The first-order valence-corrected chi connectivity index (χ1v) is 5.89. The summed E-state index contributed by atoms with van der Waals surface area (Å²) in [4.78, 5) is 25.3. The highest BCUT2D eigenvalue weighted by molar-refractivity contribution is 5.74. The van der Waals surface area contributed by atoms with E-state index in [1.807, 2.05) is 0 Å². The number of aromatic nitrogens is 1. The van der Waals surface area contributed by atoms with Gasteiger partial charge in [-0.25, -0.2) is 4.98 Å². The predicted octanol–water partition coefficient (Wildman–Crippen LogP) is 2.21. The molecular weight excluding hydrogens is 250 g/mol. The lowest BCUT2D eigenvalue weighted by molar-refractivity contribution is -0.385. The highest BCUT2D eigenvalue weighted by Crippen LogP contribution is 2.23. The van der Waals surface area contributed by atoms with Crippen molar-refractivity contribution in [2.24, 2.45) is 5.41 Å². The molecule has 1 unspecified atom stereocenters. The minimum absolute atomic E-state index is 0.0537. The Morgan fingerprint density at radius 2 is 2.21 bits per heavy atom. The number of carboxylic acid groups (broad SMARTS) is 1. The molecule has 0 spiro atoms. The van der Waals surface area contributed by atoms with Crippen molar-refractivity contribution >= 4 is 17.5 Å². The molecule has 0 aromatic carbocycles. The monoisotopic (exact) mass is 267 g/mol. The SMILES string of the molecule is CCC(C)(CNc1ccc([N+](=O)[O-])c(C)n1)C(=O)O. The molecule has 0 saturated carbocycles. The third kappa shape index (κ3) is 3.40. The van der Waals surface area contributed by atoms with Gasteiger partial charge in [-0.2, -0.15) is 0 Å². The van der Waals surface area contributed by atoms with E-state index < -0.39 is 16.3 Å². The average Bonchev–Trinajstić information content (AvgIpc) is 2.35. The largest absolute Gasteiger partial charge is 0.481 e. The number of carboxylic acids is 1. The van der Waals surface area contributed by atoms with Crippen molar-refractivity contribution in [1.82, 2.24) is 4.98 Å². The zero-order chi connectivity index (χ0) is 14.6. The Morgan fingerprint density at radius 3 is 2.63 bits per heavy atom. The van der Waals surface area contributed by atoms with Gasteiger partial charge in [0.2, 0.25) is 0 Å². The molecule has 0 aliphatic rings. The minimum Gasteiger partial charge on any atom is -0.481 e. The van der Waals surface area contributed by atoms with Crippen molar-refractivity contribution in [3.63, 3.8) is 0 Å². The maximum absolute atomic E-state index is 11.1. The summed E-state index contributed by atoms with van der Waals surface area (Å²) in [5.41, 5.74) is -0.650. The fraction of sp³-hybridized carbons (Fsp3) is 0.500. The summed E-state index contributed by atoms with van der Waals surface area (Å²) in [7, 11) is 0. The first kappa shape index (κ1) is 14.9. The lowest BCUT2D eigenvalue weighted by Crippen LogP contribution is -2.34. The molecule has 0 aliphatic carbocycles. The van der Waals surface area contributed by atoms with E-state index in [-0.39, 0.29) is 12.2 Å². The van der Waals surface area contributed by atoms with Gasteiger partial charge in [0.15, 0.2) is 0 Å². The van der Waals surface area contributed by atoms with Gasteiger partial charge in [-0.3, -0.25) is 14.9 Å². The Labute approximate surface area is 110 Å². The van der Waals surface area contributed by atoms with Crippen LogP contribution in [0.25, 0.3) is 0 Å². The molecule has 0 fully saturated rings. The number of nitrogens with one attached hydrogen (secondary N) is 1. The second-order valence-electron chi connectivity index (χ2n) is 4.63. The number of nitrogens with zero attached hydrogens (tertiary/aromatic N) is 2. The van der Waals surface area contributed by atoms with Crippen molar-refractivity contribution in [3.8, 4) is 0 Å². The molecular formula is C12H17N3O4. The van der Waals surface area contributed by atoms with Crippen LogP contribution in [-0.2, 0) is 4.79 Å². The fourth-order valence-corrected chi connectivity index (χ4v) is 1.48. The van der Waals surface area contributed by atoms with E-state index in [4.69, 9.17) is 5.11 Å². The van der Waals surface area contributed by atoms with Gasteiger partial charge in [0.1, 0.15) is 11.5 Å². The molecule has 0 radical (unpaired) electrons. The number of carbonyl (C=O) groups is 1. The Balaban J connectivity index is 2.82. The van der Waals surface area contributed by atoms with Crippen molar-refractivity contribution < 1.29 is 14.8 Å². The van der Waals surface area contributed by atoms with E-state index in [1.165, 1.54) is 12.1 Å². The number of hydrogen-bond acceptors (Lipinski definition) is 5. The van der Waals surface area contributed by atoms with Crippen molar-refractivity contribution in [3.05, 3.63) is 27.9 Å². The van der Waals surface area contributed by atoms with Crippen molar-refractivity contribution in [1.29, 1.82) is 0 Å². The highest BCUT2D eigenvalue weighted by atomic mass is 16.6. The summed E-state index contributed by atoms with van der Waals surface area (Å²) in [5, 5.41) is 22.7. The summed E-state index contributed by atoms with van der Waals surface area (Å²) in [6, 6.07) is 2.83. The third-order valence-corrected chi connectivity index (χ3v) is 3.21. The second-order valence-corrected chi connectivity index (χ2v) is 4.63. The van der Waals surface area contributed by atoms with Gasteiger partial charge in [-0.15, -0.1) is 0 Å². The number of rotatable bonds is 6. The summed E-state index contributed by atoms with van der Waals surface area (Å²) < 4.78 is 0. The fourth-order valence-electron chi connectivity index (χ4n) is 1.48. The van der Waals surface area contributed by atoms with E-state index in [0.717, 1.165) is 0 Å². The normalized spacial score (nSPS) is 13.6. The van der Waals surface area contributed by atoms with Gasteiger partial charge < -0.3 is 10.4 Å². The number of pyridine rings is 1. The zero-order valence-electron chi connectivity index (χ0n) is 11.1. The van der Waals surface area contributed by atoms with Crippen LogP contribution in [0.5, 0.6) is 0 Å². The molecule has 1 aromatic rings. The third-order valence-electron chi connectivity index (χ3n) is 3.21. The highest BCUT2D eigenvalue weighted by Gasteiger charge is 2.30. The maximum atomic E-state index is 11.1. The van der Waals surface area contributed by atoms with E-state index in [0.29, 0.717) is 17.9 Å². The molecule has 19 heavy (non-hydrogen) atoms. The Morgan fingerprint density at radius 1 is 1.58 bits per heavy atom. The van der Waals surface area contributed by atoms with E-state index in [1.54, 1.807) is 20.8 Å². The number of nitro groups is 1. The average molecular weight is 267 g/mol. The van der Waals surface area contributed by atoms with Crippen LogP contribution in [0.2, 0.25) is 0 Å². The summed E-state index contributed by atoms with van der Waals surface area (Å²) >= 11 is 0. The molecule has 2 N–H and O–H groups in total. The van der Waals surface area contributed by atoms with Gasteiger partial charge >= 0.3 is 5.97 Å². The summed E-state index contributed by atoms with van der Waals surface area (Å²) in [6.07, 6.45) is 0.474. The number of aryl methyl sites for hydroxylation is 1. The Kier molecular flexibility index (Phi) is 4.42. The molecule has 104 valence electrons. The quantitative estimate of drug-likeness (QED) is 0.604. The molecule has 1 rings (SSSR count). The van der Waals surface area contributed by atoms with Gasteiger partial charge in [0.05, 0.1) is 10.3 Å². The van der Waals surface area contributed by atoms with E-state index in [9.17, 15) is 14.9 Å². The van der Waals surface area contributed by atoms with Gasteiger partial charge in [-0.1, -0.05) is 6.92 Å². The van der Waals surface area contributed by atoms with Crippen LogP contribution in [0.3, 0.4) is 0 Å². The molecule has 0 saturated heterocycles. The summed E-state index contributed by atoms with van der Waals surface area (Å²) in [6.45, 7) is 5.19. The molecule has 0 aliphatic heterocycles. The predicted molar refractivity (Wildman–Crippen MR) is 70.2 cm³/mol. The smallest absolute Gasteiger partial charge is 0.311 e. The van der Waals surface area contributed by atoms with Crippen LogP contribution in [0.4, 0.5) is 11.5 Å². The van der Waals surface area contributed by atoms with Crippen LogP contribution >= 0.6 is 0 Å². The van der Waals surface area contributed by atoms with Crippen LogP contribution in [0, 0.1) is 22.5 Å². The molecule has 7 heteroatoms. The number of aliphatic carboxylic acids is 1. The van der Waals surface area contributed by atoms with Gasteiger partial charge in [0, 0.05) is 12.6 Å². The minimum atomic E-state index is -0.892. The molecule has 1 atom stereocenters. The maximum Gasteiger partial charge on any atom is 0.311 e. The molecule has 1 aromatic heterocycles. The number of anilines is 1. The van der Waals surface area contributed by atoms with E-state index in [2.05, 4.69) is 10.3 Å².